The lowest BCUT2D eigenvalue weighted by Crippen LogP contribution is -2.37. The van der Waals surface area contributed by atoms with Gasteiger partial charge in [-0.05, 0) is 37.2 Å². The van der Waals surface area contributed by atoms with Crippen LogP contribution in [0.5, 0.6) is 11.5 Å². The molecular weight excluding hydrogens is 244 g/mol. The minimum atomic E-state index is -0.0731. The zero-order valence-electron chi connectivity index (χ0n) is 11.1. The first-order valence-corrected chi connectivity index (χ1v) is 6.77. The summed E-state index contributed by atoms with van der Waals surface area (Å²) in [5.41, 5.74) is 0.974. The molecule has 0 radical (unpaired) electrons. The Morgan fingerprint density at radius 2 is 1.95 bits per heavy atom. The molecule has 1 saturated heterocycles. The monoisotopic (exact) mass is 266 g/mol. The van der Waals surface area contributed by atoms with Crippen molar-refractivity contribution >= 4 is 0 Å². The van der Waals surface area contributed by atoms with Crippen molar-refractivity contribution in [1.82, 2.24) is 10.2 Å². The Hall–Kier alpha value is -1.30. The average Bonchev–Trinajstić information content (AvgIpc) is 2.43. The van der Waals surface area contributed by atoms with Gasteiger partial charge in [0, 0.05) is 19.6 Å². The van der Waals surface area contributed by atoms with E-state index in [4.69, 9.17) is 4.74 Å². The standard InChI is InChI=1S/C14H22N2O3/c17-13-3-2-12(10-14(13)18)11-15-4-1-5-16-6-8-19-9-7-16/h2-3,10,15,17-18H,1,4-9,11H2. The maximum absolute atomic E-state index is 9.38. The Bertz CT molecular complexity index is 392. The zero-order chi connectivity index (χ0) is 13.5. The van der Waals surface area contributed by atoms with E-state index in [2.05, 4.69) is 10.2 Å². The van der Waals surface area contributed by atoms with E-state index >= 15 is 0 Å². The van der Waals surface area contributed by atoms with Crippen molar-refractivity contribution in [2.75, 3.05) is 39.4 Å². The number of phenolic OH excluding ortho intramolecular Hbond substituents is 2. The number of morpholine rings is 1. The number of hydrogen-bond donors (Lipinski definition) is 3. The first-order chi connectivity index (χ1) is 9.25. The van der Waals surface area contributed by atoms with Crippen molar-refractivity contribution in [2.45, 2.75) is 13.0 Å². The lowest BCUT2D eigenvalue weighted by atomic mass is 10.2. The van der Waals surface area contributed by atoms with Crippen molar-refractivity contribution in [3.05, 3.63) is 23.8 Å². The summed E-state index contributed by atoms with van der Waals surface area (Å²) in [5, 5.41) is 21.9. The molecule has 0 amide bonds. The number of aromatic hydroxyl groups is 2. The van der Waals surface area contributed by atoms with Gasteiger partial charge in [-0.1, -0.05) is 6.07 Å². The van der Waals surface area contributed by atoms with Gasteiger partial charge in [-0.2, -0.15) is 0 Å². The Labute approximate surface area is 113 Å². The van der Waals surface area contributed by atoms with Crippen molar-refractivity contribution in [1.29, 1.82) is 0 Å². The van der Waals surface area contributed by atoms with Crippen LogP contribution in [0.3, 0.4) is 0 Å². The fraction of sp³-hybridized carbons (Fsp3) is 0.571. The minimum absolute atomic E-state index is 0.0624. The van der Waals surface area contributed by atoms with Crippen LogP contribution in [0.1, 0.15) is 12.0 Å². The van der Waals surface area contributed by atoms with E-state index in [1.807, 2.05) is 6.07 Å². The minimum Gasteiger partial charge on any atom is -0.504 e. The Morgan fingerprint density at radius 3 is 2.68 bits per heavy atom. The smallest absolute Gasteiger partial charge is 0.157 e. The van der Waals surface area contributed by atoms with Crippen molar-refractivity contribution in [2.24, 2.45) is 0 Å². The molecule has 1 aromatic rings. The Morgan fingerprint density at radius 1 is 1.16 bits per heavy atom. The van der Waals surface area contributed by atoms with Crippen LogP contribution in [0.15, 0.2) is 18.2 Å². The molecule has 0 atom stereocenters. The molecule has 1 heterocycles. The average molecular weight is 266 g/mol. The molecule has 19 heavy (non-hydrogen) atoms. The van der Waals surface area contributed by atoms with E-state index < -0.39 is 0 Å². The number of nitrogens with one attached hydrogen (secondary N) is 1. The van der Waals surface area contributed by atoms with Crippen molar-refractivity contribution < 1.29 is 14.9 Å². The van der Waals surface area contributed by atoms with Crippen LogP contribution in [0.4, 0.5) is 0 Å². The molecule has 1 aliphatic heterocycles. The summed E-state index contributed by atoms with van der Waals surface area (Å²) in [6.07, 6.45) is 1.10. The first kappa shape index (κ1) is 14.1. The Kier molecular flexibility index (Phi) is 5.44. The third kappa shape index (κ3) is 4.70. The van der Waals surface area contributed by atoms with Gasteiger partial charge in [0.15, 0.2) is 11.5 Å². The SMILES string of the molecule is Oc1ccc(CNCCCN2CCOCC2)cc1O. The maximum Gasteiger partial charge on any atom is 0.157 e. The van der Waals surface area contributed by atoms with Gasteiger partial charge < -0.3 is 20.3 Å². The number of rotatable bonds is 6. The second-order valence-electron chi connectivity index (χ2n) is 4.81. The quantitative estimate of drug-likeness (QED) is 0.527. The molecule has 0 spiro atoms. The molecule has 1 aromatic carbocycles. The molecule has 1 aliphatic rings. The molecule has 2 rings (SSSR count). The maximum atomic E-state index is 9.38. The molecule has 106 valence electrons. The largest absolute Gasteiger partial charge is 0.504 e. The second-order valence-corrected chi connectivity index (χ2v) is 4.81. The lowest BCUT2D eigenvalue weighted by Gasteiger charge is -2.26. The van der Waals surface area contributed by atoms with Crippen molar-refractivity contribution in [3.63, 3.8) is 0 Å². The summed E-state index contributed by atoms with van der Waals surface area (Å²) in [5.74, 6) is -0.135. The van der Waals surface area contributed by atoms with Gasteiger partial charge in [0.25, 0.3) is 0 Å². The zero-order valence-corrected chi connectivity index (χ0v) is 11.1. The molecule has 0 aliphatic carbocycles. The summed E-state index contributed by atoms with van der Waals surface area (Å²) in [6.45, 7) is 6.51. The van der Waals surface area contributed by atoms with Crippen LogP contribution in [0.25, 0.3) is 0 Å². The first-order valence-electron chi connectivity index (χ1n) is 6.77. The van der Waals surface area contributed by atoms with E-state index in [-0.39, 0.29) is 11.5 Å². The number of hydrogen-bond acceptors (Lipinski definition) is 5. The number of phenols is 2. The molecule has 0 bridgehead atoms. The highest BCUT2D eigenvalue weighted by molar-refractivity contribution is 5.40. The van der Waals surface area contributed by atoms with Crippen LogP contribution >= 0.6 is 0 Å². The van der Waals surface area contributed by atoms with Crippen molar-refractivity contribution in [3.8, 4) is 11.5 Å². The molecular formula is C14H22N2O3. The summed E-state index contributed by atoms with van der Waals surface area (Å²) in [7, 11) is 0. The lowest BCUT2D eigenvalue weighted by molar-refractivity contribution is 0.0374. The predicted octanol–water partition coefficient (Wildman–Crippen LogP) is 0.910. The Balaban J connectivity index is 1.59. The predicted molar refractivity (Wildman–Crippen MR) is 73.4 cm³/mol. The molecule has 5 nitrogen and oxygen atoms in total. The van der Waals surface area contributed by atoms with E-state index in [1.165, 1.54) is 6.07 Å². The van der Waals surface area contributed by atoms with Gasteiger partial charge >= 0.3 is 0 Å². The van der Waals surface area contributed by atoms with Crippen LogP contribution in [0.2, 0.25) is 0 Å². The van der Waals surface area contributed by atoms with Gasteiger partial charge in [0.05, 0.1) is 13.2 Å². The number of nitrogens with zero attached hydrogens (tertiary/aromatic N) is 1. The summed E-state index contributed by atoms with van der Waals surface area (Å²) in [4.78, 5) is 2.41. The summed E-state index contributed by atoms with van der Waals surface area (Å²) >= 11 is 0. The molecule has 1 fully saturated rings. The third-order valence-corrected chi connectivity index (χ3v) is 3.30. The molecule has 3 N–H and O–H groups in total. The summed E-state index contributed by atoms with van der Waals surface area (Å²) < 4.78 is 5.30. The number of benzene rings is 1. The van der Waals surface area contributed by atoms with E-state index in [0.717, 1.165) is 51.4 Å². The topological polar surface area (TPSA) is 65.0 Å². The van der Waals surface area contributed by atoms with Gasteiger partial charge in [-0.25, -0.2) is 0 Å². The second kappa shape index (κ2) is 7.33. The summed E-state index contributed by atoms with van der Waals surface area (Å²) in [6, 6.07) is 4.91. The van der Waals surface area contributed by atoms with E-state index in [1.54, 1.807) is 6.07 Å². The highest BCUT2D eigenvalue weighted by atomic mass is 16.5. The fourth-order valence-corrected chi connectivity index (χ4v) is 2.16. The third-order valence-electron chi connectivity index (χ3n) is 3.30. The van der Waals surface area contributed by atoms with Crippen LogP contribution in [0, 0.1) is 0 Å². The highest BCUT2D eigenvalue weighted by Crippen LogP contribution is 2.24. The molecule has 5 heteroatoms. The van der Waals surface area contributed by atoms with Crippen LogP contribution in [-0.2, 0) is 11.3 Å². The fourth-order valence-electron chi connectivity index (χ4n) is 2.16. The van der Waals surface area contributed by atoms with Gasteiger partial charge in [-0.15, -0.1) is 0 Å². The van der Waals surface area contributed by atoms with E-state index in [9.17, 15) is 10.2 Å². The number of ether oxygens (including phenoxy) is 1. The van der Waals surface area contributed by atoms with E-state index in [0.29, 0.717) is 6.54 Å². The molecule has 0 aromatic heterocycles. The molecule has 0 unspecified atom stereocenters. The normalized spacial score (nSPS) is 16.6. The van der Waals surface area contributed by atoms with Crippen LogP contribution in [-0.4, -0.2) is 54.5 Å². The van der Waals surface area contributed by atoms with Crippen LogP contribution < -0.4 is 5.32 Å². The highest BCUT2D eigenvalue weighted by Gasteiger charge is 2.08. The van der Waals surface area contributed by atoms with Gasteiger partial charge in [-0.3, -0.25) is 4.90 Å². The molecule has 0 saturated carbocycles. The van der Waals surface area contributed by atoms with Gasteiger partial charge in [0.2, 0.25) is 0 Å². The van der Waals surface area contributed by atoms with Gasteiger partial charge in [0.1, 0.15) is 0 Å².